The minimum Gasteiger partial charge on any atom is -0.355 e. The molecule has 1 aromatic rings. The zero-order valence-electron chi connectivity index (χ0n) is 13.0. The van der Waals surface area contributed by atoms with E-state index in [4.69, 9.17) is 11.6 Å². The van der Waals surface area contributed by atoms with E-state index in [1.807, 2.05) is 0 Å². The highest BCUT2D eigenvalue weighted by Gasteiger charge is 2.18. The average molecular weight is 323 g/mol. The predicted molar refractivity (Wildman–Crippen MR) is 88.3 cm³/mol. The van der Waals surface area contributed by atoms with Gasteiger partial charge in [-0.3, -0.25) is 14.5 Å². The number of nitrogens with one attached hydrogen (secondary N) is 1. The summed E-state index contributed by atoms with van der Waals surface area (Å²) in [5.74, 6) is -0.167. The van der Waals surface area contributed by atoms with Gasteiger partial charge in [0.05, 0.1) is 5.02 Å². The molecule has 4 nitrogen and oxygen atoms in total. The summed E-state index contributed by atoms with van der Waals surface area (Å²) in [5, 5.41) is 3.36. The number of ketones is 1. The van der Waals surface area contributed by atoms with Crippen molar-refractivity contribution in [1.82, 2.24) is 10.2 Å². The minimum atomic E-state index is -0.0895. The molecule has 5 heteroatoms. The van der Waals surface area contributed by atoms with Gasteiger partial charge >= 0.3 is 0 Å². The van der Waals surface area contributed by atoms with Crippen LogP contribution >= 0.6 is 11.6 Å². The van der Waals surface area contributed by atoms with Crippen molar-refractivity contribution in [2.45, 2.75) is 38.6 Å². The number of halogens is 1. The van der Waals surface area contributed by atoms with Crippen molar-refractivity contribution >= 4 is 23.3 Å². The van der Waals surface area contributed by atoms with E-state index in [0.717, 1.165) is 13.1 Å². The fourth-order valence-corrected chi connectivity index (χ4v) is 2.95. The van der Waals surface area contributed by atoms with Crippen molar-refractivity contribution in [3.63, 3.8) is 0 Å². The molecular weight excluding hydrogens is 300 g/mol. The van der Waals surface area contributed by atoms with Gasteiger partial charge in [-0.05, 0) is 45.0 Å². The normalized spacial score (nSPS) is 16.5. The summed E-state index contributed by atoms with van der Waals surface area (Å²) >= 11 is 5.98. The number of hydrogen-bond donors (Lipinski definition) is 1. The van der Waals surface area contributed by atoms with Gasteiger partial charge in [0, 0.05) is 31.0 Å². The maximum absolute atomic E-state index is 12.0. The number of benzene rings is 1. The Morgan fingerprint density at radius 1 is 1.23 bits per heavy atom. The number of carbonyl (C=O) groups excluding carboxylic acids is 2. The van der Waals surface area contributed by atoms with Crippen LogP contribution in [-0.2, 0) is 4.79 Å². The van der Waals surface area contributed by atoms with E-state index in [0.29, 0.717) is 23.2 Å². The third-order valence-corrected chi connectivity index (χ3v) is 4.44. The molecule has 1 aromatic carbocycles. The first-order chi connectivity index (χ1) is 10.6. The molecule has 0 aliphatic carbocycles. The molecule has 0 aromatic heterocycles. The lowest BCUT2D eigenvalue weighted by Crippen LogP contribution is -2.40. The molecule has 0 radical (unpaired) electrons. The lowest BCUT2D eigenvalue weighted by atomic mass is 10.1. The van der Waals surface area contributed by atoms with Crippen LogP contribution in [0.2, 0.25) is 5.02 Å². The van der Waals surface area contributed by atoms with Crippen LogP contribution in [0.3, 0.4) is 0 Å². The molecule has 1 fully saturated rings. The van der Waals surface area contributed by atoms with Crippen molar-refractivity contribution < 1.29 is 9.59 Å². The van der Waals surface area contributed by atoms with Gasteiger partial charge in [0.1, 0.15) is 0 Å². The van der Waals surface area contributed by atoms with Crippen molar-refractivity contribution in [3.05, 3.63) is 34.9 Å². The minimum absolute atomic E-state index is 0.0774. The second-order valence-electron chi connectivity index (χ2n) is 5.80. The van der Waals surface area contributed by atoms with E-state index >= 15 is 0 Å². The summed E-state index contributed by atoms with van der Waals surface area (Å²) in [5.41, 5.74) is 0.488. The van der Waals surface area contributed by atoms with E-state index in [-0.39, 0.29) is 24.5 Å². The van der Waals surface area contributed by atoms with Gasteiger partial charge in [0.25, 0.3) is 0 Å². The molecule has 1 saturated heterocycles. The maximum Gasteiger partial charge on any atom is 0.220 e. The third-order valence-electron chi connectivity index (χ3n) is 4.11. The monoisotopic (exact) mass is 322 g/mol. The molecule has 0 saturated carbocycles. The smallest absolute Gasteiger partial charge is 0.220 e. The SMILES string of the molecule is CC(CNC(=O)CCC(=O)c1ccccc1Cl)N1CCCC1. The topological polar surface area (TPSA) is 49.4 Å². The number of nitrogens with zero attached hydrogens (tertiary/aromatic N) is 1. The lowest BCUT2D eigenvalue weighted by Gasteiger charge is -2.23. The molecule has 0 spiro atoms. The van der Waals surface area contributed by atoms with Crippen molar-refractivity contribution in [2.75, 3.05) is 19.6 Å². The summed E-state index contributed by atoms with van der Waals surface area (Å²) in [6, 6.07) is 7.29. The van der Waals surface area contributed by atoms with Crippen LogP contribution in [0.1, 0.15) is 43.0 Å². The highest BCUT2D eigenvalue weighted by Crippen LogP contribution is 2.17. The van der Waals surface area contributed by atoms with Crippen LogP contribution in [0.15, 0.2) is 24.3 Å². The highest BCUT2D eigenvalue weighted by molar-refractivity contribution is 6.34. The summed E-state index contributed by atoms with van der Waals surface area (Å²) in [7, 11) is 0. The number of rotatable bonds is 7. The fraction of sp³-hybridized carbons (Fsp3) is 0.529. The molecule has 2 rings (SSSR count). The Bertz CT molecular complexity index is 527. The van der Waals surface area contributed by atoms with Crippen molar-refractivity contribution in [1.29, 1.82) is 0 Å². The first kappa shape index (κ1) is 17.0. The van der Waals surface area contributed by atoms with Gasteiger partial charge in [0.2, 0.25) is 5.91 Å². The molecule has 1 atom stereocenters. The van der Waals surface area contributed by atoms with E-state index in [2.05, 4.69) is 17.1 Å². The van der Waals surface area contributed by atoms with E-state index in [9.17, 15) is 9.59 Å². The van der Waals surface area contributed by atoms with Gasteiger partial charge in [-0.25, -0.2) is 0 Å². The van der Waals surface area contributed by atoms with Crippen molar-refractivity contribution in [2.24, 2.45) is 0 Å². The molecule has 1 N–H and O–H groups in total. The second-order valence-corrected chi connectivity index (χ2v) is 6.21. The maximum atomic E-state index is 12.0. The predicted octanol–water partition coefficient (Wildman–Crippen LogP) is 2.90. The number of amides is 1. The van der Waals surface area contributed by atoms with E-state index < -0.39 is 0 Å². The van der Waals surface area contributed by atoms with Crippen LogP contribution in [-0.4, -0.2) is 42.3 Å². The molecule has 0 bridgehead atoms. The summed E-state index contributed by atoms with van der Waals surface area (Å²) in [6.45, 7) is 4.99. The number of Topliss-reactive ketones (excluding diaryl/α,β-unsaturated/α-hetero) is 1. The third kappa shape index (κ3) is 4.82. The van der Waals surface area contributed by atoms with Crippen LogP contribution in [0.5, 0.6) is 0 Å². The first-order valence-corrected chi connectivity index (χ1v) is 8.24. The summed E-state index contributed by atoms with van der Waals surface area (Å²) < 4.78 is 0. The van der Waals surface area contributed by atoms with Crippen molar-refractivity contribution in [3.8, 4) is 0 Å². The molecule has 1 unspecified atom stereocenters. The summed E-state index contributed by atoms with van der Waals surface area (Å²) in [4.78, 5) is 26.3. The Kier molecular flexibility index (Phi) is 6.40. The van der Waals surface area contributed by atoms with Crippen LogP contribution in [0, 0.1) is 0 Å². The lowest BCUT2D eigenvalue weighted by molar-refractivity contribution is -0.121. The molecular formula is C17H23ClN2O2. The number of carbonyl (C=O) groups is 2. The van der Waals surface area contributed by atoms with Gasteiger partial charge in [-0.15, -0.1) is 0 Å². The average Bonchev–Trinajstić information content (AvgIpc) is 3.05. The Hall–Kier alpha value is -1.39. The highest BCUT2D eigenvalue weighted by atomic mass is 35.5. The first-order valence-electron chi connectivity index (χ1n) is 7.86. The largest absolute Gasteiger partial charge is 0.355 e. The Morgan fingerprint density at radius 3 is 2.59 bits per heavy atom. The zero-order chi connectivity index (χ0) is 15.9. The second kappa shape index (κ2) is 8.30. The molecule has 120 valence electrons. The Balaban J connectivity index is 1.71. The Labute approximate surface area is 136 Å². The standard InChI is InChI=1S/C17H23ClN2O2/c1-13(20-10-4-5-11-20)12-19-17(22)9-8-16(21)14-6-2-3-7-15(14)18/h2-3,6-7,13H,4-5,8-12H2,1H3,(H,19,22). The molecule has 1 heterocycles. The van der Waals surface area contributed by atoms with Crippen LogP contribution in [0.4, 0.5) is 0 Å². The van der Waals surface area contributed by atoms with Gasteiger partial charge in [0.15, 0.2) is 5.78 Å². The molecule has 1 aliphatic rings. The molecule has 22 heavy (non-hydrogen) atoms. The zero-order valence-corrected chi connectivity index (χ0v) is 13.7. The Morgan fingerprint density at radius 2 is 1.91 bits per heavy atom. The van der Waals surface area contributed by atoms with Gasteiger partial charge < -0.3 is 5.32 Å². The van der Waals surface area contributed by atoms with E-state index in [1.54, 1.807) is 24.3 Å². The van der Waals surface area contributed by atoms with Crippen LogP contribution in [0.25, 0.3) is 0 Å². The van der Waals surface area contributed by atoms with Gasteiger partial charge in [-0.1, -0.05) is 23.7 Å². The number of likely N-dealkylation sites (tertiary alicyclic amines) is 1. The fourth-order valence-electron chi connectivity index (χ4n) is 2.71. The number of hydrogen-bond acceptors (Lipinski definition) is 3. The quantitative estimate of drug-likeness (QED) is 0.785. The van der Waals surface area contributed by atoms with Gasteiger partial charge in [-0.2, -0.15) is 0 Å². The summed E-state index contributed by atoms with van der Waals surface area (Å²) in [6.07, 6.45) is 2.87. The molecule has 1 amide bonds. The molecule has 1 aliphatic heterocycles. The van der Waals surface area contributed by atoms with Crippen LogP contribution < -0.4 is 5.32 Å². The van der Waals surface area contributed by atoms with E-state index in [1.165, 1.54) is 12.8 Å².